The number of fused-ring (bicyclic) bond motifs is 1. The van der Waals surface area contributed by atoms with Gasteiger partial charge in [-0.1, -0.05) is 78.9 Å². The van der Waals surface area contributed by atoms with E-state index in [1.807, 2.05) is 72.8 Å². The number of methoxy groups -OCH3 is 1. The molecule has 2 heterocycles. The second-order valence-corrected chi connectivity index (χ2v) is 11.9. The molecule has 4 aromatic carbocycles. The van der Waals surface area contributed by atoms with Crippen LogP contribution in [-0.2, 0) is 29.1 Å². The van der Waals surface area contributed by atoms with E-state index in [-0.39, 0.29) is 56.2 Å². The third-order valence-corrected chi connectivity index (χ3v) is 8.75. The van der Waals surface area contributed by atoms with E-state index in [1.165, 1.54) is 0 Å². The number of carbonyl (C=O) groups excluding carboxylic acids is 3. The van der Waals surface area contributed by atoms with Crippen LogP contribution in [0.5, 0.6) is 11.5 Å². The first-order chi connectivity index (χ1) is 23.3. The summed E-state index contributed by atoms with van der Waals surface area (Å²) in [4.78, 5) is 45.5. The summed E-state index contributed by atoms with van der Waals surface area (Å²) in [5, 5.41) is 16.2. The minimum Gasteiger partial charge on any atom is -0.508 e. The lowest BCUT2D eigenvalue weighted by atomic mass is 9.97. The van der Waals surface area contributed by atoms with Crippen LogP contribution in [0.2, 0.25) is 0 Å². The molecule has 4 aromatic rings. The summed E-state index contributed by atoms with van der Waals surface area (Å²) in [7, 11) is 1.63. The largest absolute Gasteiger partial charge is 0.508 e. The Bertz CT molecular complexity index is 1760. The van der Waals surface area contributed by atoms with Crippen LogP contribution < -0.4 is 10.1 Å². The molecule has 2 saturated heterocycles. The Morgan fingerprint density at radius 2 is 1.65 bits per heavy atom. The number of urea groups is 1. The Kier molecular flexibility index (Phi) is 9.73. The highest BCUT2D eigenvalue weighted by molar-refractivity contribution is 5.91. The van der Waals surface area contributed by atoms with Crippen LogP contribution in [0.15, 0.2) is 116 Å². The van der Waals surface area contributed by atoms with Crippen molar-refractivity contribution in [3.8, 4) is 22.6 Å². The lowest BCUT2D eigenvalue weighted by Gasteiger charge is -2.55. The van der Waals surface area contributed by atoms with Gasteiger partial charge in [-0.05, 0) is 58.1 Å². The van der Waals surface area contributed by atoms with Crippen LogP contribution in [0.4, 0.5) is 4.79 Å². The molecule has 2 atom stereocenters. The molecule has 10 heteroatoms. The molecule has 0 saturated carbocycles. The number of hydrogen-bond acceptors (Lipinski definition) is 6. The van der Waals surface area contributed by atoms with Crippen molar-refractivity contribution in [2.24, 2.45) is 0 Å². The van der Waals surface area contributed by atoms with Gasteiger partial charge in [0.15, 0.2) is 0 Å². The van der Waals surface area contributed by atoms with Crippen LogP contribution in [0.25, 0.3) is 11.1 Å². The Hall–Kier alpha value is -5.61. The van der Waals surface area contributed by atoms with Crippen LogP contribution in [-0.4, -0.2) is 81.7 Å². The number of amides is 4. The molecule has 0 aromatic heterocycles. The number of ether oxygens (including phenoxy) is 1. The van der Waals surface area contributed by atoms with E-state index >= 15 is 0 Å². The summed E-state index contributed by atoms with van der Waals surface area (Å²) in [5.41, 5.74) is 4.65. The first-order valence-electron chi connectivity index (χ1n) is 15.9. The topological polar surface area (TPSA) is 106 Å². The number of hydrazine groups is 1. The van der Waals surface area contributed by atoms with Gasteiger partial charge in [-0.15, -0.1) is 6.58 Å². The third kappa shape index (κ3) is 7.03. The quantitative estimate of drug-likeness (QED) is 0.240. The Morgan fingerprint density at radius 1 is 0.917 bits per heavy atom. The van der Waals surface area contributed by atoms with Crippen molar-refractivity contribution in [2.75, 3.05) is 26.7 Å². The number of carbonyl (C=O) groups is 3. The van der Waals surface area contributed by atoms with Crippen molar-refractivity contribution in [2.45, 2.75) is 31.7 Å². The normalized spacial score (nSPS) is 18.0. The monoisotopic (exact) mass is 645 g/mol. The summed E-state index contributed by atoms with van der Waals surface area (Å²) in [5.74, 6) is 0.430. The van der Waals surface area contributed by atoms with E-state index in [4.69, 9.17) is 4.74 Å². The summed E-state index contributed by atoms with van der Waals surface area (Å²) >= 11 is 0. The van der Waals surface area contributed by atoms with Crippen LogP contribution >= 0.6 is 0 Å². The van der Waals surface area contributed by atoms with Crippen LogP contribution in [0.1, 0.15) is 16.7 Å². The fourth-order valence-electron chi connectivity index (χ4n) is 6.41. The SMILES string of the molecule is C=CCN1CC(=O)N2[C@@H](Cc3ccc(O)cc3)C(=O)N(Cc3cccc(-c4ccc(OC)cc4)c3)C[C@@H]2N1C(=O)NCc1ccccc1. The number of piperazine rings is 1. The predicted molar refractivity (Wildman–Crippen MR) is 182 cm³/mol. The second kappa shape index (κ2) is 14.4. The van der Waals surface area contributed by atoms with Gasteiger partial charge in [0.05, 0.1) is 20.2 Å². The van der Waals surface area contributed by atoms with Crippen LogP contribution in [0, 0.1) is 0 Å². The molecule has 0 unspecified atom stereocenters. The van der Waals surface area contributed by atoms with Gasteiger partial charge >= 0.3 is 6.03 Å². The van der Waals surface area contributed by atoms with Gasteiger partial charge < -0.3 is 25.0 Å². The third-order valence-electron chi connectivity index (χ3n) is 8.75. The molecule has 10 nitrogen and oxygen atoms in total. The Labute approximate surface area is 280 Å². The van der Waals surface area contributed by atoms with Crippen molar-refractivity contribution in [1.82, 2.24) is 25.1 Å². The number of hydrogen-bond donors (Lipinski definition) is 2. The predicted octanol–water partition coefficient (Wildman–Crippen LogP) is 4.80. The van der Waals surface area contributed by atoms with Crippen molar-refractivity contribution in [3.63, 3.8) is 0 Å². The minimum absolute atomic E-state index is 0.0788. The summed E-state index contributed by atoms with van der Waals surface area (Å²) in [6.07, 6.45) is 1.13. The lowest BCUT2D eigenvalue weighted by molar-refractivity contribution is -0.189. The zero-order chi connectivity index (χ0) is 33.6. The van der Waals surface area contributed by atoms with Gasteiger partial charge in [0.25, 0.3) is 0 Å². The maximum absolute atomic E-state index is 14.3. The maximum Gasteiger partial charge on any atom is 0.334 e. The standard InChI is InChI=1S/C38H39N5O5/c1-3-20-41-26-36(45)42-34(22-27-12-16-32(44)17-13-27)37(46)40(25-35(42)43(41)38(47)39-23-28-8-5-4-6-9-28)24-29-10-7-11-31(21-29)30-14-18-33(48-2)19-15-30/h3-19,21,34-35,44H,1,20,22-26H2,2H3,(H,39,47)/t34-,35-/m0/s1. The van der Waals surface area contributed by atoms with Gasteiger partial charge in [-0.3, -0.25) is 9.59 Å². The number of phenolic OH excluding ortho intramolecular Hbond substituents is 1. The first kappa shape index (κ1) is 32.3. The molecule has 6 rings (SSSR count). The fourth-order valence-corrected chi connectivity index (χ4v) is 6.41. The molecule has 48 heavy (non-hydrogen) atoms. The fraction of sp³-hybridized carbons (Fsp3) is 0.237. The molecule has 2 fully saturated rings. The molecule has 0 aliphatic carbocycles. The van der Waals surface area contributed by atoms with E-state index in [1.54, 1.807) is 57.3 Å². The molecule has 0 radical (unpaired) electrons. The first-order valence-corrected chi connectivity index (χ1v) is 15.9. The minimum atomic E-state index is -0.860. The molecule has 4 amide bonds. The average Bonchev–Trinajstić information content (AvgIpc) is 3.10. The molecule has 0 bridgehead atoms. The molecule has 2 aliphatic heterocycles. The molecule has 0 spiro atoms. The van der Waals surface area contributed by atoms with E-state index in [0.717, 1.165) is 33.6 Å². The van der Waals surface area contributed by atoms with Crippen LogP contribution in [0.3, 0.4) is 0 Å². The number of aromatic hydroxyl groups is 1. The van der Waals surface area contributed by atoms with Gasteiger partial charge in [0.1, 0.15) is 23.7 Å². The zero-order valence-corrected chi connectivity index (χ0v) is 26.9. The zero-order valence-electron chi connectivity index (χ0n) is 26.9. The summed E-state index contributed by atoms with van der Waals surface area (Å²) in [6, 6.07) is 30.8. The Balaban J connectivity index is 1.33. The smallest absolute Gasteiger partial charge is 0.334 e. The molecular formula is C38H39N5O5. The van der Waals surface area contributed by atoms with E-state index in [9.17, 15) is 19.5 Å². The molecule has 246 valence electrons. The molecule has 2 N–H and O–H groups in total. The summed E-state index contributed by atoms with van der Waals surface area (Å²) in [6.45, 7) is 4.76. The van der Waals surface area contributed by atoms with Crippen molar-refractivity contribution < 1.29 is 24.2 Å². The average molecular weight is 646 g/mol. The van der Waals surface area contributed by atoms with Crippen molar-refractivity contribution >= 4 is 17.8 Å². The van der Waals surface area contributed by atoms with Gasteiger partial charge in [0, 0.05) is 26.1 Å². The highest BCUT2D eigenvalue weighted by Gasteiger charge is 2.51. The highest BCUT2D eigenvalue weighted by atomic mass is 16.5. The Morgan fingerprint density at radius 3 is 2.35 bits per heavy atom. The van der Waals surface area contributed by atoms with E-state index < -0.39 is 12.2 Å². The summed E-state index contributed by atoms with van der Waals surface area (Å²) < 4.78 is 5.31. The maximum atomic E-state index is 14.3. The highest BCUT2D eigenvalue weighted by Crippen LogP contribution is 2.30. The number of benzene rings is 4. The second-order valence-electron chi connectivity index (χ2n) is 11.9. The van der Waals surface area contributed by atoms with Gasteiger partial charge in [-0.25, -0.2) is 14.8 Å². The van der Waals surface area contributed by atoms with Crippen molar-refractivity contribution in [1.29, 1.82) is 0 Å². The molecular weight excluding hydrogens is 606 g/mol. The number of nitrogens with zero attached hydrogens (tertiary/aromatic N) is 4. The number of nitrogens with one attached hydrogen (secondary N) is 1. The molecule has 2 aliphatic rings. The van der Waals surface area contributed by atoms with Crippen molar-refractivity contribution in [3.05, 3.63) is 132 Å². The number of phenols is 1. The van der Waals surface area contributed by atoms with Gasteiger partial charge in [0.2, 0.25) is 11.8 Å². The lowest BCUT2D eigenvalue weighted by Crippen LogP contribution is -2.76. The van der Waals surface area contributed by atoms with E-state index in [2.05, 4.69) is 18.0 Å². The number of rotatable bonds is 10. The van der Waals surface area contributed by atoms with Gasteiger partial charge in [-0.2, -0.15) is 0 Å². The van der Waals surface area contributed by atoms with E-state index in [0.29, 0.717) is 6.54 Å².